The van der Waals surface area contributed by atoms with Crippen LogP contribution in [0.2, 0.25) is 5.02 Å². The van der Waals surface area contributed by atoms with Gasteiger partial charge in [0.2, 0.25) is 10.0 Å². The third-order valence-corrected chi connectivity index (χ3v) is 6.52. The maximum Gasteiger partial charge on any atom is 0.243 e. The van der Waals surface area contributed by atoms with Crippen molar-refractivity contribution in [2.24, 2.45) is 11.8 Å². The van der Waals surface area contributed by atoms with Crippen LogP contribution in [0, 0.1) is 11.8 Å². The van der Waals surface area contributed by atoms with Gasteiger partial charge in [-0.05, 0) is 36.8 Å². The highest BCUT2D eigenvalue weighted by Crippen LogP contribution is 2.31. The highest BCUT2D eigenvalue weighted by atomic mass is 35.5. The van der Waals surface area contributed by atoms with Gasteiger partial charge in [-0.15, -0.1) is 0 Å². The molecule has 0 unspecified atom stereocenters. The van der Waals surface area contributed by atoms with E-state index in [9.17, 15) is 8.42 Å². The summed E-state index contributed by atoms with van der Waals surface area (Å²) in [4.78, 5) is 0.263. The van der Waals surface area contributed by atoms with E-state index in [-0.39, 0.29) is 4.90 Å². The third kappa shape index (κ3) is 4.87. The van der Waals surface area contributed by atoms with Crippen molar-refractivity contribution < 1.29 is 13.2 Å². The lowest BCUT2D eigenvalue weighted by Gasteiger charge is -2.34. The van der Waals surface area contributed by atoms with E-state index < -0.39 is 10.0 Å². The maximum absolute atomic E-state index is 12.9. The Kier molecular flexibility index (Phi) is 6.96. The normalized spacial score (nSPS) is 22.5. The first kappa shape index (κ1) is 19.5. The summed E-state index contributed by atoms with van der Waals surface area (Å²) in [5.74, 6) is 1.20. The minimum absolute atomic E-state index is 0.263. The van der Waals surface area contributed by atoms with Gasteiger partial charge in [0.15, 0.2) is 0 Å². The van der Waals surface area contributed by atoms with Gasteiger partial charge in [-0.3, -0.25) is 0 Å². The molecule has 0 spiro atoms. The Morgan fingerprint density at radius 1 is 1.21 bits per heavy atom. The minimum Gasteiger partial charge on any atom is -0.492 e. The molecule has 1 aliphatic rings. The summed E-state index contributed by atoms with van der Waals surface area (Å²) in [7, 11) is -3.51. The van der Waals surface area contributed by atoms with Crippen LogP contribution in [0.25, 0.3) is 0 Å². The average Bonchev–Trinajstić information content (AvgIpc) is 2.52. The Morgan fingerprint density at radius 2 is 1.88 bits per heavy atom. The average molecular weight is 374 g/mol. The molecule has 24 heavy (non-hydrogen) atoms. The first-order valence-corrected chi connectivity index (χ1v) is 10.6. The Morgan fingerprint density at radius 3 is 2.50 bits per heavy atom. The van der Waals surface area contributed by atoms with Crippen LogP contribution < -0.4 is 4.74 Å². The van der Waals surface area contributed by atoms with E-state index in [1.165, 1.54) is 0 Å². The fraction of sp³-hybridized carbons (Fsp3) is 0.667. The highest BCUT2D eigenvalue weighted by Gasteiger charge is 2.32. The zero-order valence-electron chi connectivity index (χ0n) is 14.8. The van der Waals surface area contributed by atoms with Crippen LogP contribution in [0.15, 0.2) is 23.1 Å². The molecule has 0 aliphatic carbocycles. The number of ether oxygens (including phenoxy) is 1. The Labute approximate surface area is 151 Å². The molecule has 0 saturated carbocycles. The summed E-state index contributed by atoms with van der Waals surface area (Å²) >= 11 is 6.16. The van der Waals surface area contributed by atoms with Crippen LogP contribution in [-0.4, -0.2) is 32.4 Å². The molecule has 0 N–H and O–H groups in total. The second-order valence-corrected chi connectivity index (χ2v) is 9.26. The SMILES string of the molecule is CCCCCOc1cc(S(=O)(=O)N2C[C@H](C)C[C@H](C)C2)ccc1Cl. The van der Waals surface area contributed by atoms with E-state index in [4.69, 9.17) is 16.3 Å². The zero-order valence-corrected chi connectivity index (χ0v) is 16.4. The van der Waals surface area contributed by atoms with Crippen LogP contribution in [-0.2, 0) is 10.0 Å². The lowest BCUT2D eigenvalue weighted by molar-refractivity contribution is 0.222. The van der Waals surface area contributed by atoms with Crippen LogP contribution in [0.5, 0.6) is 5.75 Å². The van der Waals surface area contributed by atoms with Gasteiger partial charge in [0.25, 0.3) is 0 Å². The molecule has 0 radical (unpaired) electrons. The number of piperidine rings is 1. The molecule has 1 fully saturated rings. The van der Waals surface area contributed by atoms with Gasteiger partial charge < -0.3 is 4.74 Å². The van der Waals surface area contributed by atoms with Gasteiger partial charge in [-0.1, -0.05) is 45.2 Å². The molecule has 2 rings (SSSR count). The monoisotopic (exact) mass is 373 g/mol. The number of halogens is 1. The molecule has 4 nitrogen and oxygen atoms in total. The standard InChI is InChI=1S/C18H28ClNO3S/c1-4-5-6-9-23-18-11-16(7-8-17(18)19)24(21,22)20-12-14(2)10-15(3)13-20/h7-8,11,14-15H,4-6,9-10,12-13H2,1-3H3/t14-,15+. The van der Waals surface area contributed by atoms with E-state index in [0.717, 1.165) is 25.7 Å². The summed E-state index contributed by atoms with van der Waals surface area (Å²) in [6, 6.07) is 4.74. The molecule has 1 aliphatic heterocycles. The lowest BCUT2D eigenvalue weighted by atomic mass is 9.94. The molecule has 0 aromatic heterocycles. The van der Waals surface area contributed by atoms with Crippen LogP contribution in [0.1, 0.15) is 46.5 Å². The van der Waals surface area contributed by atoms with Crippen molar-refractivity contribution in [3.8, 4) is 5.75 Å². The Balaban J connectivity index is 2.17. The van der Waals surface area contributed by atoms with E-state index in [0.29, 0.717) is 42.3 Å². The summed E-state index contributed by atoms with van der Waals surface area (Å²) in [5.41, 5.74) is 0. The van der Waals surface area contributed by atoms with Crippen molar-refractivity contribution in [1.29, 1.82) is 0 Å². The molecule has 1 aromatic carbocycles. The number of hydrogen-bond acceptors (Lipinski definition) is 3. The van der Waals surface area contributed by atoms with Gasteiger partial charge >= 0.3 is 0 Å². The molecule has 1 heterocycles. The molecule has 0 bridgehead atoms. The predicted molar refractivity (Wildman–Crippen MR) is 98.2 cm³/mol. The van der Waals surface area contributed by atoms with Crippen molar-refractivity contribution in [2.45, 2.75) is 51.3 Å². The molecule has 1 aromatic rings. The lowest BCUT2D eigenvalue weighted by Crippen LogP contribution is -2.42. The van der Waals surface area contributed by atoms with Gasteiger partial charge in [-0.25, -0.2) is 8.42 Å². The van der Waals surface area contributed by atoms with E-state index in [2.05, 4.69) is 20.8 Å². The minimum atomic E-state index is -3.51. The van der Waals surface area contributed by atoms with Gasteiger partial charge in [0, 0.05) is 19.2 Å². The van der Waals surface area contributed by atoms with Crippen molar-refractivity contribution in [3.63, 3.8) is 0 Å². The Bertz CT molecular complexity index is 638. The largest absolute Gasteiger partial charge is 0.492 e. The fourth-order valence-corrected chi connectivity index (χ4v) is 5.11. The summed E-state index contributed by atoms with van der Waals surface area (Å²) < 4.78 is 33.2. The molecule has 2 atom stereocenters. The summed E-state index contributed by atoms with van der Waals surface area (Å²) in [5, 5.41) is 0.450. The Hall–Kier alpha value is -0.780. The number of hydrogen-bond donors (Lipinski definition) is 0. The third-order valence-electron chi connectivity index (χ3n) is 4.38. The predicted octanol–water partition coefficient (Wildman–Crippen LogP) is 4.58. The molecule has 136 valence electrons. The van der Waals surface area contributed by atoms with Gasteiger partial charge in [-0.2, -0.15) is 4.31 Å². The number of sulfonamides is 1. The topological polar surface area (TPSA) is 46.6 Å². The first-order chi connectivity index (χ1) is 11.3. The molecular weight excluding hydrogens is 346 g/mol. The first-order valence-electron chi connectivity index (χ1n) is 8.77. The summed E-state index contributed by atoms with van der Waals surface area (Å²) in [6.07, 6.45) is 4.19. The van der Waals surface area contributed by atoms with Crippen LogP contribution in [0.4, 0.5) is 0 Å². The number of benzene rings is 1. The van der Waals surface area contributed by atoms with E-state index in [1.807, 2.05) is 0 Å². The van der Waals surface area contributed by atoms with Gasteiger partial charge in [0.1, 0.15) is 5.75 Å². The molecule has 1 saturated heterocycles. The second kappa shape index (κ2) is 8.54. The van der Waals surface area contributed by atoms with Crippen LogP contribution in [0.3, 0.4) is 0 Å². The van der Waals surface area contributed by atoms with Gasteiger partial charge in [0.05, 0.1) is 16.5 Å². The van der Waals surface area contributed by atoms with E-state index >= 15 is 0 Å². The number of nitrogens with zero attached hydrogens (tertiary/aromatic N) is 1. The maximum atomic E-state index is 12.9. The highest BCUT2D eigenvalue weighted by molar-refractivity contribution is 7.89. The van der Waals surface area contributed by atoms with Crippen molar-refractivity contribution in [1.82, 2.24) is 4.31 Å². The number of unbranched alkanes of at least 4 members (excludes halogenated alkanes) is 2. The molecule has 0 amide bonds. The van der Waals surface area contributed by atoms with Crippen molar-refractivity contribution in [3.05, 3.63) is 23.2 Å². The molecular formula is C18H28ClNO3S. The second-order valence-electron chi connectivity index (χ2n) is 6.92. The van der Waals surface area contributed by atoms with Crippen molar-refractivity contribution in [2.75, 3.05) is 19.7 Å². The number of rotatable bonds is 7. The zero-order chi connectivity index (χ0) is 17.7. The molecule has 6 heteroatoms. The summed E-state index contributed by atoms with van der Waals surface area (Å²) in [6.45, 7) is 8.02. The van der Waals surface area contributed by atoms with Crippen LogP contribution >= 0.6 is 11.6 Å². The fourth-order valence-electron chi connectivity index (χ4n) is 3.24. The van der Waals surface area contributed by atoms with E-state index in [1.54, 1.807) is 22.5 Å². The smallest absolute Gasteiger partial charge is 0.243 e. The quantitative estimate of drug-likeness (QED) is 0.657. The van der Waals surface area contributed by atoms with Crippen molar-refractivity contribution >= 4 is 21.6 Å².